The van der Waals surface area contributed by atoms with E-state index in [4.69, 9.17) is 0 Å². The summed E-state index contributed by atoms with van der Waals surface area (Å²) in [5.41, 5.74) is 0. The number of carbonyl (C=O) groups is 1. The molecule has 0 spiro atoms. The van der Waals surface area contributed by atoms with Crippen LogP contribution in [0.1, 0.15) is 23.5 Å². The molecule has 102 valence electrons. The maximum atomic E-state index is 12.1. The molecule has 1 atom stereocenters. The number of aromatic nitrogens is 3. The minimum atomic E-state index is -0.0467. The molecule has 0 unspecified atom stereocenters. The lowest BCUT2D eigenvalue weighted by atomic mass is 10.0. The van der Waals surface area contributed by atoms with Crippen LogP contribution in [0.3, 0.4) is 0 Å². The Morgan fingerprint density at radius 3 is 2.89 bits per heavy atom. The Kier molecular flexibility index (Phi) is 4.71. The molecule has 0 bridgehead atoms. The molecule has 5 nitrogen and oxygen atoms in total. The van der Waals surface area contributed by atoms with Crippen molar-refractivity contribution in [2.45, 2.75) is 26.4 Å². The topological polar surface area (TPSA) is 59.8 Å². The van der Waals surface area contributed by atoms with Gasteiger partial charge in [-0.2, -0.15) is 5.10 Å². The first-order valence-electron chi connectivity index (χ1n) is 5.93. The van der Waals surface area contributed by atoms with E-state index in [1.54, 1.807) is 11.0 Å². The molecule has 0 aliphatic rings. The molecule has 0 saturated heterocycles. The van der Waals surface area contributed by atoms with Crippen LogP contribution >= 0.6 is 27.3 Å². The summed E-state index contributed by atoms with van der Waals surface area (Å²) in [5.74, 6) is 0.270. The first-order valence-corrected chi connectivity index (χ1v) is 7.61. The molecule has 0 fully saturated rings. The van der Waals surface area contributed by atoms with Gasteiger partial charge >= 0.3 is 0 Å². The van der Waals surface area contributed by atoms with Gasteiger partial charge in [-0.1, -0.05) is 13.8 Å². The summed E-state index contributed by atoms with van der Waals surface area (Å²) in [7, 11) is 0. The van der Waals surface area contributed by atoms with Crippen molar-refractivity contribution < 1.29 is 4.79 Å². The third-order valence-electron chi connectivity index (χ3n) is 2.76. The number of hydrogen-bond acceptors (Lipinski definition) is 4. The highest BCUT2D eigenvalue weighted by Gasteiger charge is 2.19. The van der Waals surface area contributed by atoms with Crippen LogP contribution in [-0.4, -0.2) is 26.7 Å². The van der Waals surface area contributed by atoms with Gasteiger partial charge in [-0.05, 0) is 27.9 Å². The number of rotatable bonds is 5. The third kappa shape index (κ3) is 3.87. The molecule has 2 heterocycles. The van der Waals surface area contributed by atoms with E-state index in [1.165, 1.54) is 17.7 Å². The summed E-state index contributed by atoms with van der Waals surface area (Å²) >= 11 is 4.78. The average molecular weight is 343 g/mol. The molecule has 1 amide bonds. The van der Waals surface area contributed by atoms with E-state index in [9.17, 15) is 4.79 Å². The number of thiophene rings is 1. The van der Waals surface area contributed by atoms with Crippen molar-refractivity contribution in [3.05, 3.63) is 33.5 Å². The van der Waals surface area contributed by atoms with Crippen molar-refractivity contribution in [2.75, 3.05) is 0 Å². The predicted octanol–water partition coefficient (Wildman–Crippen LogP) is 2.56. The molecule has 19 heavy (non-hydrogen) atoms. The number of halogens is 1. The highest BCUT2D eigenvalue weighted by atomic mass is 79.9. The van der Waals surface area contributed by atoms with Crippen LogP contribution < -0.4 is 5.32 Å². The molecule has 2 aromatic rings. The van der Waals surface area contributed by atoms with Gasteiger partial charge in [0.2, 0.25) is 0 Å². The Morgan fingerprint density at radius 2 is 2.37 bits per heavy atom. The van der Waals surface area contributed by atoms with E-state index >= 15 is 0 Å². The number of nitrogens with zero attached hydrogens (tertiary/aromatic N) is 3. The van der Waals surface area contributed by atoms with Gasteiger partial charge in [0.05, 0.1) is 17.5 Å². The highest BCUT2D eigenvalue weighted by Crippen LogP contribution is 2.20. The molecule has 0 aliphatic carbocycles. The van der Waals surface area contributed by atoms with Gasteiger partial charge in [-0.15, -0.1) is 11.3 Å². The zero-order valence-corrected chi connectivity index (χ0v) is 13.1. The van der Waals surface area contributed by atoms with Crippen molar-refractivity contribution in [1.29, 1.82) is 0 Å². The minimum absolute atomic E-state index is 0.0232. The van der Waals surface area contributed by atoms with Crippen molar-refractivity contribution in [1.82, 2.24) is 20.1 Å². The highest BCUT2D eigenvalue weighted by molar-refractivity contribution is 9.10. The van der Waals surface area contributed by atoms with Gasteiger partial charge in [0.25, 0.3) is 5.91 Å². The molecule has 0 saturated carbocycles. The number of carbonyl (C=O) groups excluding carboxylic acids is 1. The fraction of sp³-hybridized carbons (Fsp3) is 0.417. The average Bonchev–Trinajstić information content (AvgIpc) is 2.99. The smallest absolute Gasteiger partial charge is 0.261 e. The third-order valence-corrected chi connectivity index (χ3v) is 4.45. The summed E-state index contributed by atoms with van der Waals surface area (Å²) in [4.78, 5) is 16.7. The Hall–Kier alpha value is -1.21. The quantitative estimate of drug-likeness (QED) is 0.908. The lowest BCUT2D eigenvalue weighted by molar-refractivity contribution is 0.0923. The summed E-state index contributed by atoms with van der Waals surface area (Å²) in [6.07, 6.45) is 3.15. The van der Waals surface area contributed by atoms with Crippen LogP contribution in [-0.2, 0) is 6.54 Å². The fourth-order valence-electron chi connectivity index (χ4n) is 1.62. The molecule has 7 heteroatoms. The van der Waals surface area contributed by atoms with E-state index in [-0.39, 0.29) is 11.9 Å². The van der Waals surface area contributed by atoms with Crippen LogP contribution in [0.2, 0.25) is 0 Å². The first-order chi connectivity index (χ1) is 9.06. The van der Waals surface area contributed by atoms with Gasteiger partial charge in [-0.3, -0.25) is 9.48 Å². The monoisotopic (exact) mass is 342 g/mol. The van der Waals surface area contributed by atoms with Crippen LogP contribution in [0.15, 0.2) is 28.6 Å². The Morgan fingerprint density at radius 1 is 1.58 bits per heavy atom. The van der Waals surface area contributed by atoms with E-state index in [2.05, 4.69) is 45.2 Å². The second-order valence-corrected chi connectivity index (χ2v) is 6.40. The van der Waals surface area contributed by atoms with E-state index in [0.717, 1.165) is 4.47 Å². The summed E-state index contributed by atoms with van der Waals surface area (Å²) in [6, 6.07) is 1.85. The SMILES string of the molecule is CC(C)[C@@H](Cn1cncn1)NC(=O)c1cc(Br)cs1. The van der Waals surface area contributed by atoms with E-state index in [0.29, 0.717) is 17.3 Å². The Labute approximate surface area is 124 Å². The van der Waals surface area contributed by atoms with Crippen molar-refractivity contribution in [2.24, 2.45) is 5.92 Å². The van der Waals surface area contributed by atoms with Crippen LogP contribution in [0.5, 0.6) is 0 Å². The van der Waals surface area contributed by atoms with E-state index in [1.807, 2.05) is 11.4 Å². The molecule has 0 aromatic carbocycles. The van der Waals surface area contributed by atoms with Gasteiger partial charge in [0.15, 0.2) is 0 Å². The van der Waals surface area contributed by atoms with Crippen LogP contribution in [0.4, 0.5) is 0 Å². The largest absolute Gasteiger partial charge is 0.346 e. The number of nitrogens with one attached hydrogen (secondary N) is 1. The molecule has 0 aliphatic heterocycles. The van der Waals surface area contributed by atoms with E-state index < -0.39 is 0 Å². The fourth-order valence-corrected chi connectivity index (χ4v) is 2.95. The van der Waals surface area contributed by atoms with Gasteiger partial charge in [-0.25, -0.2) is 4.98 Å². The van der Waals surface area contributed by atoms with Gasteiger partial charge in [0, 0.05) is 9.85 Å². The first kappa shape index (κ1) is 14.2. The van der Waals surface area contributed by atoms with Crippen LogP contribution in [0, 0.1) is 5.92 Å². The minimum Gasteiger partial charge on any atom is -0.346 e. The Bertz CT molecular complexity index is 538. The molecular weight excluding hydrogens is 328 g/mol. The number of amides is 1. The Balaban J connectivity index is 2.02. The summed E-state index contributed by atoms with van der Waals surface area (Å²) in [6.45, 7) is 4.77. The zero-order valence-electron chi connectivity index (χ0n) is 10.7. The van der Waals surface area contributed by atoms with Crippen LogP contribution in [0.25, 0.3) is 0 Å². The normalized spacial score (nSPS) is 12.6. The molecule has 2 rings (SSSR count). The van der Waals surface area contributed by atoms with Gasteiger partial charge in [0.1, 0.15) is 12.7 Å². The molecular formula is C12H15BrN4OS. The lowest BCUT2D eigenvalue weighted by Crippen LogP contribution is -2.41. The van der Waals surface area contributed by atoms with Crippen molar-refractivity contribution in [3.8, 4) is 0 Å². The lowest BCUT2D eigenvalue weighted by Gasteiger charge is -2.21. The van der Waals surface area contributed by atoms with Crippen molar-refractivity contribution in [3.63, 3.8) is 0 Å². The van der Waals surface area contributed by atoms with Crippen molar-refractivity contribution >= 4 is 33.2 Å². The van der Waals surface area contributed by atoms with Gasteiger partial charge < -0.3 is 5.32 Å². The zero-order chi connectivity index (χ0) is 13.8. The predicted molar refractivity (Wildman–Crippen MR) is 78.1 cm³/mol. The molecule has 0 radical (unpaired) electrons. The second-order valence-electron chi connectivity index (χ2n) is 4.57. The molecule has 2 aromatic heterocycles. The summed E-state index contributed by atoms with van der Waals surface area (Å²) in [5, 5.41) is 9.02. The number of hydrogen-bond donors (Lipinski definition) is 1. The second kappa shape index (κ2) is 6.29. The maximum Gasteiger partial charge on any atom is 0.261 e. The molecule has 1 N–H and O–H groups in total. The standard InChI is InChI=1S/C12H15BrN4OS/c1-8(2)10(4-17-7-14-6-15-17)16-12(18)11-3-9(13)5-19-11/h3,5-8,10H,4H2,1-2H3,(H,16,18)/t10-/m1/s1. The summed E-state index contributed by atoms with van der Waals surface area (Å²) < 4.78 is 2.66. The maximum absolute atomic E-state index is 12.1.